The minimum Gasteiger partial charge on any atom is -0.487 e. The molecule has 0 aliphatic carbocycles. The van der Waals surface area contributed by atoms with Gasteiger partial charge in [0.1, 0.15) is 12.4 Å². The maximum atomic E-state index is 9.40. The molecule has 6 heteroatoms. The van der Waals surface area contributed by atoms with Crippen LogP contribution in [0.3, 0.4) is 0 Å². The summed E-state index contributed by atoms with van der Waals surface area (Å²) in [5.41, 5.74) is 1.78. The van der Waals surface area contributed by atoms with Gasteiger partial charge in [-0.15, -0.1) is 11.6 Å². The molecular formula is C15H16Cl2N2O2. The first kappa shape index (κ1) is 15.9. The normalized spacial score (nSPS) is 12.0. The SMILES string of the molecule is OC(CCl)CNc1ccc(OCc2cccnc2)c(Cl)c1. The van der Waals surface area contributed by atoms with Gasteiger partial charge in [-0.1, -0.05) is 17.7 Å². The first-order chi connectivity index (χ1) is 10.2. The Morgan fingerprint density at radius 3 is 2.86 bits per heavy atom. The van der Waals surface area contributed by atoms with Crippen LogP contribution in [0.2, 0.25) is 5.02 Å². The molecule has 112 valence electrons. The Hall–Kier alpha value is -1.49. The van der Waals surface area contributed by atoms with Crippen LogP contribution in [0.1, 0.15) is 5.56 Å². The molecule has 21 heavy (non-hydrogen) atoms. The summed E-state index contributed by atoms with van der Waals surface area (Å²) in [6.07, 6.45) is 2.87. The van der Waals surface area contributed by atoms with Crippen molar-refractivity contribution in [1.82, 2.24) is 4.98 Å². The van der Waals surface area contributed by atoms with E-state index < -0.39 is 6.10 Å². The molecule has 2 N–H and O–H groups in total. The predicted molar refractivity (Wildman–Crippen MR) is 85.2 cm³/mol. The highest BCUT2D eigenvalue weighted by atomic mass is 35.5. The minimum absolute atomic E-state index is 0.188. The zero-order chi connectivity index (χ0) is 15.1. The molecule has 1 heterocycles. The summed E-state index contributed by atoms with van der Waals surface area (Å²) in [6.45, 7) is 0.779. The summed E-state index contributed by atoms with van der Waals surface area (Å²) in [4.78, 5) is 4.02. The van der Waals surface area contributed by atoms with Gasteiger partial charge in [0.05, 0.1) is 17.0 Å². The number of rotatable bonds is 7. The average Bonchev–Trinajstić information content (AvgIpc) is 2.52. The zero-order valence-corrected chi connectivity index (χ0v) is 12.8. The number of halogens is 2. The van der Waals surface area contributed by atoms with Crippen molar-refractivity contribution in [3.05, 3.63) is 53.3 Å². The molecule has 1 unspecified atom stereocenters. The van der Waals surface area contributed by atoms with Gasteiger partial charge in [0, 0.05) is 30.2 Å². The van der Waals surface area contributed by atoms with Gasteiger partial charge in [-0.25, -0.2) is 0 Å². The van der Waals surface area contributed by atoms with Gasteiger partial charge in [0.25, 0.3) is 0 Å². The van der Waals surface area contributed by atoms with E-state index in [0.717, 1.165) is 11.3 Å². The number of aliphatic hydroxyl groups is 1. The second kappa shape index (κ2) is 8.08. The lowest BCUT2D eigenvalue weighted by atomic mass is 10.2. The lowest BCUT2D eigenvalue weighted by Gasteiger charge is -2.12. The quantitative estimate of drug-likeness (QED) is 0.766. The lowest BCUT2D eigenvalue weighted by molar-refractivity contribution is 0.211. The molecule has 1 atom stereocenters. The zero-order valence-electron chi connectivity index (χ0n) is 11.3. The molecule has 1 aromatic carbocycles. The van der Waals surface area contributed by atoms with E-state index in [1.807, 2.05) is 18.2 Å². The fraction of sp³-hybridized carbons (Fsp3) is 0.267. The van der Waals surface area contributed by atoms with E-state index in [1.165, 1.54) is 0 Å². The number of alkyl halides is 1. The number of nitrogens with zero attached hydrogens (tertiary/aromatic N) is 1. The molecule has 0 radical (unpaired) electrons. The van der Waals surface area contributed by atoms with Crippen LogP contribution >= 0.6 is 23.2 Å². The predicted octanol–water partition coefficient (Wildman–Crippen LogP) is 3.33. The van der Waals surface area contributed by atoms with Crippen molar-refractivity contribution in [3.8, 4) is 5.75 Å². The summed E-state index contributed by atoms with van der Waals surface area (Å²) in [5.74, 6) is 0.788. The summed E-state index contributed by atoms with van der Waals surface area (Å²) in [6, 6.07) is 9.17. The van der Waals surface area contributed by atoms with Crippen molar-refractivity contribution in [2.45, 2.75) is 12.7 Å². The first-order valence-electron chi connectivity index (χ1n) is 6.48. The van der Waals surface area contributed by atoms with Crippen molar-refractivity contribution < 1.29 is 9.84 Å². The Bertz CT molecular complexity index is 567. The maximum Gasteiger partial charge on any atom is 0.138 e. The fourth-order valence-corrected chi connectivity index (χ4v) is 2.01. The van der Waals surface area contributed by atoms with Crippen LogP contribution in [-0.4, -0.2) is 28.6 Å². The third kappa shape index (κ3) is 5.08. The lowest BCUT2D eigenvalue weighted by Crippen LogP contribution is -2.20. The van der Waals surface area contributed by atoms with Crippen LogP contribution in [0.15, 0.2) is 42.7 Å². The third-order valence-electron chi connectivity index (χ3n) is 2.77. The van der Waals surface area contributed by atoms with Crippen molar-refractivity contribution in [1.29, 1.82) is 0 Å². The molecule has 0 fully saturated rings. The molecule has 0 saturated heterocycles. The van der Waals surface area contributed by atoms with E-state index in [2.05, 4.69) is 10.3 Å². The molecule has 2 aromatic rings. The highest BCUT2D eigenvalue weighted by molar-refractivity contribution is 6.32. The number of benzene rings is 1. The van der Waals surface area contributed by atoms with E-state index in [4.69, 9.17) is 27.9 Å². The highest BCUT2D eigenvalue weighted by Gasteiger charge is 2.06. The van der Waals surface area contributed by atoms with Crippen LogP contribution in [0, 0.1) is 0 Å². The van der Waals surface area contributed by atoms with Gasteiger partial charge in [-0.05, 0) is 24.3 Å². The topological polar surface area (TPSA) is 54.4 Å². The third-order valence-corrected chi connectivity index (χ3v) is 3.42. The van der Waals surface area contributed by atoms with E-state index in [1.54, 1.807) is 24.5 Å². The number of hydrogen-bond acceptors (Lipinski definition) is 4. The molecule has 0 amide bonds. The Labute approximate surface area is 133 Å². The van der Waals surface area contributed by atoms with E-state index in [-0.39, 0.29) is 5.88 Å². The smallest absolute Gasteiger partial charge is 0.138 e. The Morgan fingerprint density at radius 2 is 2.19 bits per heavy atom. The number of aromatic nitrogens is 1. The van der Waals surface area contributed by atoms with Gasteiger partial charge in [0.2, 0.25) is 0 Å². The number of ether oxygens (including phenoxy) is 1. The molecule has 2 rings (SSSR count). The summed E-state index contributed by atoms with van der Waals surface area (Å²) >= 11 is 11.7. The van der Waals surface area contributed by atoms with Gasteiger partial charge in [0.15, 0.2) is 0 Å². The number of aliphatic hydroxyl groups excluding tert-OH is 1. The van der Waals surface area contributed by atoms with Gasteiger partial charge in [-0.2, -0.15) is 0 Å². The van der Waals surface area contributed by atoms with E-state index >= 15 is 0 Å². The maximum absolute atomic E-state index is 9.40. The largest absolute Gasteiger partial charge is 0.487 e. The Morgan fingerprint density at radius 1 is 1.33 bits per heavy atom. The highest BCUT2D eigenvalue weighted by Crippen LogP contribution is 2.28. The summed E-state index contributed by atoms with van der Waals surface area (Å²) in [7, 11) is 0. The molecule has 0 saturated carbocycles. The standard InChI is InChI=1S/C15H16Cl2N2O2/c16-7-13(20)9-19-12-3-4-15(14(17)6-12)21-10-11-2-1-5-18-8-11/h1-6,8,13,19-20H,7,9-10H2. The average molecular weight is 327 g/mol. The second-order valence-electron chi connectivity index (χ2n) is 4.48. The minimum atomic E-state index is -0.591. The van der Waals surface area contributed by atoms with Crippen molar-refractivity contribution in [2.24, 2.45) is 0 Å². The van der Waals surface area contributed by atoms with Crippen molar-refractivity contribution in [3.63, 3.8) is 0 Å². The fourth-order valence-electron chi connectivity index (χ4n) is 1.66. The molecule has 1 aromatic heterocycles. The van der Waals surface area contributed by atoms with Crippen LogP contribution in [-0.2, 0) is 6.61 Å². The van der Waals surface area contributed by atoms with Crippen molar-refractivity contribution >= 4 is 28.9 Å². The molecule has 0 aliphatic rings. The Balaban J connectivity index is 1.93. The molecular weight excluding hydrogens is 311 g/mol. The first-order valence-corrected chi connectivity index (χ1v) is 7.39. The number of nitrogens with one attached hydrogen (secondary N) is 1. The van der Waals surface area contributed by atoms with Crippen LogP contribution in [0.4, 0.5) is 5.69 Å². The molecule has 0 spiro atoms. The Kier molecular flexibility index (Phi) is 6.11. The summed E-state index contributed by atoms with van der Waals surface area (Å²) < 4.78 is 5.65. The van der Waals surface area contributed by atoms with Gasteiger partial charge in [-0.3, -0.25) is 4.98 Å². The van der Waals surface area contributed by atoms with E-state index in [0.29, 0.717) is 23.9 Å². The number of hydrogen-bond donors (Lipinski definition) is 2. The van der Waals surface area contributed by atoms with E-state index in [9.17, 15) is 5.11 Å². The van der Waals surface area contributed by atoms with Gasteiger partial charge < -0.3 is 15.2 Å². The van der Waals surface area contributed by atoms with Crippen molar-refractivity contribution in [2.75, 3.05) is 17.7 Å². The van der Waals surface area contributed by atoms with Crippen LogP contribution in [0.5, 0.6) is 5.75 Å². The number of anilines is 1. The number of pyridine rings is 1. The second-order valence-corrected chi connectivity index (χ2v) is 5.20. The van der Waals surface area contributed by atoms with Gasteiger partial charge >= 0.3 is 0 Å². The van der Waals surface area contributed by atoms with Crippen LogP contribution < -0.4 is 10.1 Å². The molecule has 0 bridgehead atoms. The summed E-state index contributed by atoms with van der Waals surface area (Å²) in [5, 5.41) is 13.0. The van der Waals surface area contributed by atoms with Crippen LogP contribution in [0.25, 0.3) is 0 Å². The molecule has 0 aliphatic heterocycles. The molecule has 4 nitrogen and oxygen atoms in total. The monoisotopic (exact) mass is 326 g/mol.